The standard InChI is InChI=1S/C20H29N3O3S.ClH/c1-14-5-2-3-10-23(14)27(25,26)19-7-4-6-15(11-19)20(24)22-18-12-16-8-9-17(13-18)21-16;/h4,6-7,11,14,16-18,21H,2-3,5,8-10,12-13H2,1H3,(H,22,24);1H. The molecule has 3 saturated heterocycles. The largest absolute Gasteiger partial charge is 0.349 e. The number of hydrogen-bond donors (Lipinski definition) is 2. The van der Waals surface area contributed by atoms with Gasteiger partial charge in [-0.25, -0.2) is 8.42 Å². The fourth-order valence-corrected chi connectivity index (χ4v) is 6.55. The van der Waals surface area contributed by atoms with Crippen molar-refractivity contribution in [2.45, 2.75) is 80.9 Å². The number of nitrogens with zero attached hydrogens (tertiary/aromatic N) is 1. The molecule has 2 bridgehead atoms. The van der Waals surface area contributed by atoms with Crippen LogP contribution in [0.15, 0.2) is 29.2 Å². The van der Waals surface area contributed by atoms with E-state index in [0.29, 0.717) is 24.2 Å². The van der Waals surface area contributed by atoms with Crippen molar-refractivity contribution >= 4 is 28.3 Å². The molecule has 28 heavy (non-hydrogen) atoms. The van der Waals surface area contributed by atoms with E-state index in [0.717, 1.165) is 32.1 Å². The molecule has 3 unspecified atom stereocenters. The van der Waals surface area contributed by atoms with Gasteiger partial charge in [0.25, 0.3) is 5.91 Å². The van der Waals surface area contributed by atoms with Crippen molar-refractivity contribution in [1.29, 1.82) is 0 Å². The number of piperidine rings is 2. The molecule has 3 fully saturated rings. The summed E-state index contributed by atoms with van der Waals surface area (Å²) >= 11 is 0. The molecule has 3 aliphatic heterocycles. The highest BCUT2D eigenvalue weighted by Gasteiger charge is 2.34. The zero-order chi connectivity index (χ0) is 19.0. The zero-order valence-electron chi connectivity index (χ0n) is 16.3. The van der Waals surface area contributed by atoms with E-state index in [2.05, 4.69) is 10.6 Å². The Hall–Kier alpha value is -1.15. The van der Waals surface area contributed by atoms with Crippen LogP contribution in [0.1, 0.15) is 62.2 Å². The first-order valence-corrected chi connectivity index (χ1v) is 11.6. The van der Waals surface area contributed by atoms with Crippen molar-refractivity contribution in [3.8, 4) is 0 Å². The normalized spacial score (nSPS) is 30.5. The van der Waals surface area contributed by atoms with Crippen LogP contribution in [0.5, 0.6) is 0 Å². The Morgan fingerprint density at radius 2 is 1.86 bits per heavy atom. The Labute approximate surface area is 173 Å². The van der Waals surface area contributed by atoms with Crippen LogP contribution in [0.3, 0.4) is 0 Å². The number of benzene rings is 1. The van der Waals surface area contributed by atoms with Gasteiger partial charge in [-0.05, 0) is 63.6 Å². The number of amides is 1. The molecule has 0 spiro atoms. The Morgan fingerprint density at radius 3 is 2.54 bits per heavy atom. The fourth-order valence-electron chi connectivity index (χ4n) is 4.81. The highest BCUT2D eigenvalue weighted by Crippen LogP contribution is 2.28. The van der Waals surface area contributed by atoms with Gasteiger partial charge >= 0.3 is 0 Å². The van der Waals surface area contributed by atoms with E-state index in [9.17, 15) is 13.2 Å². The SMILES string of the molecule is CC1CCCCN1S(=O)(=O)c1cccc(C(=O)NC2CC3CCC(C2)N3)c1.Cl. The summed E-state index contributed by atoms with van der Waals surface area (Å²) in [6, 6.07) is 7.67. The fraction of sp³-hybridized carbons (Fsp3) is 0.650. The first kappa shape index (κ1) is 21.6. The van der Waals surface area contributed by atoms with E-state index in [4.69, 9.17) is 0 Å². The summed E-state index contributed by atoms with van der Waals surface area (Å²) in [7, 11) is -3.56. The summed E-state index contributed by atoms with van der Waals surface area (Å²) in [6.07, 6.45) is 7.10. The van der Waals surface area contributed by atoms with Crippen LogP contribution in [0.2, 0.25) is 0 Å². The Morgan fingerprint density at radius 1 is 1.14 bits per heavy atom. The molecular formula is C20H30ClN3O3S. The third-order valence-electron chi connectivity index (χ3n) is 6.25. The van der Waals surface area contributed by atoms with E-state index in [-0.39, 0.29) is 35.3 Å². The number of halogens is 1. The molecule has 3 heterocycles. The van der Waals surface area contributed by atoms with Crippen LogP contribution >= 0.6 is 12.4 Å². The molecule has 8 heteroatoms. The van der Waals surface area contributed by atoms with Gasteiger partial charge in [-0.1, -0.05) is 12.5 Å². The van der Waals surface area contributed by atoms with Crippen molar-refractivity contribution in [3.05, 3.63) is 29.8 Å². The lowest BCUT2D eigenvalue weighted by atomic mass is 9.99. The minimum Gasteiger partial charge on any atom is -0.349 e. The smallest absolute Gasteiger partial charge is 0.251 e. The minimum absolute atomic E-state index is 0. The lowest BCUT2D eigenvalue weighted by Gasteiger charge is -2.32. The summed E-state index contributed by atoms with van der Waals surface area (Å²) in [5, 5.41) is 6.68. The molecule has 0 aliphatic carbocycles. The van der Waals surface area contributed by atoms with Crippen LogP contribution in [0, 0.1) is 0 Å². The molecule has 1 aromatic rings. The molecule has 3 atom stereocenters. The molecule has 2 N–H and O–H groups in total. The van der Waals surface area contributed by atoms with Crippen LogP contribution < -0.4 is 10.6 Å². The van der Waals surface area contributed by atoms with E-state index >= 15 is 0 Å². The van der Waals surface area contributed by atoms with Crippen molar-refractivity contribution in [3.63, 3.8) is 0 Å². The maximum Gasteiger partial charge on any atom is 0.251 e. The first-order chi connectivity index (χ1) is 12.9. The number of sulfonamides is 1. The van der Waals surface area contributed by atoms with E-state index in [1.54, 1.807) is 22.5 Å². The van der Waals surface area contributed by atoms with E-state index in [1.807, 2.05) is 6.92 Å². The van der Waals surface area contributed by atoms with Gasteiger partial charge in [0.1, 0.15) is 0 Å². The van der Waals surface area contributed by atoms with Crippen LogP contribution in [0.25, 0.3) is 0 Å². The third kappa shape index (κ3) is 4.37. The topological polar surface area (TPSA) is 78.5 Å². The monoisotopic (exact) mass is 427 g/mol. The maximum atomic E-state index is 13.0. The lowest BCUT2D eigenvalue weighted by Crippen LogP contribution is -2.48. The quantitative estimate of drug-likeness (QED) is 0.774. The zero-order valence-corrected chi connectivity index (χ0v) is 17.9. The number of hydrogen-bond acceptors (Lipinski definition) is 4. The van der Waals surface area contributed by atoms with Gasteiger partial charge in [-0.3, -0.25) is 4.79 Å². The van der Waals surface area contributed by atoms with Gasteiger partial charge in [0.05, 0.1) is 4.90 Å². The average Bonchev–Trinajstić information content (AvgIpc) is 3.00. The van der Waals surface area contributed by atoms with Gasteiger partial charge in [-0.2, -0.15) is 4.31 Å². The average molecular weight is 428 g/mol. The summed E-state index contributed by atoms with van der Waals surface area (Å²) in [4.78, 5) is 12.9. The lowest BCUT2D eigenvalue weighted by molar-refractivity contribution is 0.0923. The van der Waals surface area contributed by atoms with Crippen molar-refractivity contribution < 1.29 is 13.2 Å². The van der Waals surface area contributed by atoms with Crippen molar-refractivity contribution in [1.82, 2.24) is 14.9 Å². The number of nitrogens with one attached hydrogen (secondary N) is 2. The Bertz CT molecular complexity index is 805. The predicted octanol–water partition coefficient (Wildman–Crippen LogP) is 2.68. The molecule has 156 valence electrons. The number of rotatable bonds is 4. The minimum atomic E-state index is -3.56. The number of carbonyl (C=O) groups is 1. The van der Waals surface area contributed by atoms with Gasteiger partial charge in [0, 0.05) is 36.3 Å². The molecule has 3 aliphatic rings. The summed E-state index contributed by atoms with van der Waals surface area (Å²) in [6.45, 7) is 2.51. The second-order valence-corrected chi connectivity index (χ2v) is 10.2. The van der Waals surface area contributed by atoms with Gasteiger partial charge in [-0.15, -0.1) is 12.4 Å². The van der Waals surface area contributed by atoms with E-state index in [1.165, 1.54) is 18.9 Å². The Balaban J connectivity index is 0.00000225. The summed E-state index contributed by atoms with van der Waals surface area (Å²) in [5.41, 5.74) is 0.423. The number of carbonyl (C=O) groups excluding carboxylic acids is 1. The van der Waals surface area contributed by atoms with Crippen molar-refractivity contribution in [2.75, 3.05) is 6.54 Å². The van der Waals surface area contributed by atoms with Gasteiger partial charge in [0.2, 0.25) is 10.0 Å². The molecule has 4 rings (SSSR count). The Kier molecular flexibility index (Phi) is 6.69. The molecule has 1 aromatic carbocycles. The molecule has 0 radical (unpaired) electrons. The highest BCUT2D eigenvalue weighted by molar-refractivity contribution is 7.89. The molecule has 0 aromatic heterocycles. The van der Waals surface area contributed by atoms with Gasteiger partial charge < -0.3 is 10.6 Å². The molecule has 6 nitrogen and oxygen atoms in total. The third-order valence-corrected chi connectivity index (χ3v) is 8.26. The summed E-state index contributed by atoms with van der Waals surface area (Å²) < 4.78 is 27.7. The predicted molar refractivity (Wildman–Crippen MR) is 111 cm³/mol. The number of fused-ring (bicyclic) bond motifs is 2. The molecule has 1 amide bonds. The van der Waals surface area contributed by atoms with E-state index < -0.39 is 10.0 Å². The second kappa shape index (κ2) is 8.69. The van der Waals surface area contributed by atoms with Crippen molar-refractivity contribution in [2.24, 2.45) is 0 Å². The first-order valence-electron chi connectivity index (χ1n) is 10.1. The summed E-state index contributed by atoms with van der Waals surface area (Å²) in [5.74, 6) is -0.176. The highest BCUT2D eigenvalue weighted by atomic mass is 35.5. The molecular weight excluding hydrogens is 398 g/mol. The second-order valence-electron chi connectivity index (χ2n) is 8.27. The van der Waals surface area contributed by atoms with Crippen LogP contribution in [-0.4, -0.2) is 49.3 Å². The maximum absolute atomic E-state index is 13.0. The van der Waals surface area contributed by atoms with Gasteiger partial charge in [0.15, 0.2) is 0 Å². The molecule has 0 saturated carbocycles. The van der Waals surface area contributed by atoms with Crippen LogP contribution in [0.4, 0.5) is 0 Å². The van der Waals surface area contributed by atoms with Crippen LogP contribution in [-0.2, 0) is 10.0 Å².